The van der Waals surface area contributed by atoms with Crippen LogP contribution in [0.15, 0.2) is 42.5 Å². The lowest BCUT2D eigenvalue weighted by Gasteiger charge is -2.34. The first-order valence-corrected chi connectivity index (χ1v) is 12.4. The molecule has 0 bridgehead atoms. The van der Waals surface area contributed by atoms with Crippen molar-refractivity contribution in [2.24, 2.45) is 0 Å². The Morgan fingerprint density at radius 1 is 1.09 bits per heavy atom. The first-order chi connectivity index (χ1) is 16.0. The van der Waals surface area contributed by atoms with Crippen LogP contribution in [0.3, 0.4) is 0 Å². The predicted octanol–water partition coefficient (Wildman–Crippen LogP) is 4.03. The molecule has 1 fully saturated rings. The SMILES string of the molecule is CCOc1ccc2nc(N3CCN(CCNC(=O)c4ccc(OC(C)C)cc4)CC3)sc2c1. The fourth-order valence-corrected chi connectivity index (χ4v) is 4.88. The van der Waals surface area contributed by atoms with Crippen molar-refractivity contribution >= 4 is 32.6 Å². The van der Waals surface area contributed by atoms with E-state index >= 15 is 0 Å². The zero-order valence-corrected chi connectivity index (χ0v) is 20.4. The monoisotopic (exact) mass is 468 g/mol. The highest BCUT2D eigenvalue weighted by atomic mass is 32.1. The van der Waals surface area contributed by atoms with Gasteiger partial charge < -0.3 is 19.7 Å². The molecule has 0 saturated carbocycles. The lowest BCUT2D eigenvalue weighted by Crippen LogP contribution is -2.48. The first kappa shape index (κ1) is 23.3. The number of benzene rings is 2. The lowest BCUT2D eigenvalue weighted by molar-refractivity contribution is 0.0947. The predicted molar refractivity (Wildman–Crippen MR) is 134 cm³/mol. The maximum absolute atomic E-state index is 12.4. The van der Waals surface area contributed by atoms with E-state index in [0.717, 1.165) is 59.6 Å². The van der Waals surface area contributed by atoms with Crippen LogP contribution in [0.25, 0.3) is 10.2 Å². The molecule has 1 N–H and O–H groups in total. The van der Waals surface area contributed by atoms with Gasteiger partial charge >= 0.3 is 0 Å². The van der Waals surface area contributed by atoms with Gasteiger partial charge in [-0.3, -0.25) is 9.69 Å². The molecule has 0 aliphatic carbocycles. The third-order valence-electron chi connectivity index (χ3n) is 5.50. The van der Waals surface area contributed by atoms with Crippen molar-refractivity contribution in [2.45, 2.75) is 26.9 Å². The van der Waals surface area contributed by atoms with Gasteiger partial charge in [-0.25, -0.2) is 4.98 Å². The molecule has 8 heteroatoms. The number of ether oxygens (including phenoxy) is 2. The molecule has 3 aromatic rings. The van der Waals surface area contributed by atoms with E-state index in [4.69, 9.17) is 14.5 Å². The van der Waals surface area contributed by atoms with Gasteiger partial charge in [0.25, 0.3) is 5.91 Å². The number of carbonyl (C=O) groups is 1. The average Bonchev–Trinajstić information content (AvgIpc) is 3.23. The fraction of sp³-hybridized carbons (Fsp3) is 0.440. The molecule has 4 rings (SSSR count). The molecule has 176 valence electrons. The fourth-order valence-electron chi connectivity index (χ4n) is 3.83. The smallest absolute Gasteiger partial charge is 0.251 e. The van der Waals surface area contributed by atoms with Gasteiger partial charge in [0, 0.05) is 44.8 Å². The third-order valence-corrected chi connectivity index (χ3v) is 6.58. The van der Waals surface area contributed by atoms with Gasteiger partial charge in [-0.2, -0.15) is 0 Å². The van der Waals surface area contributed by atoms with E-state index in [9.17, 15) is 4.79 Å². The largest absolute Gasteiger partial charge is 0.494 e. The number of nitrogens with zero attached hydrogens (tertiary/aromatic N) is 3. The Labute approximate surface area is 199 Å². The van der Waals surface area contributed by atoms with Gasteiger partial charge in [0.15, 0.2) is 5.13 Å². The van der Waals surface area contributed by atoms with Crippen LogP contribution in [0.1, 0.15) is 31.1 Å². The maximum atomic E-state index is 12.4. The number of amides is 1. The lowest BCUT2D eigenvalue weighted by atomic mass is 10.2. The summed E-state index contributed by atoms with van der Waals surface area (Å²) < 4.78 is 12.4. The number of fused-ring (bicyclic) bond motifs is 1. The molecule has 2 aromatic carbocycles. The van der Waals surface area contributed by atoms with Crippen LogP contribution in [-0.2, 0) is 0 Å². The zero-order chi connectivity index (χ0) is 23.2. The molecule has 0 atom stereocenters. The molecule has 1 aliphatic heterocycles. The van der Waals surface area contributed by atoms with E-state index in [1.54, 1.807) is 23.5 Å². The van der Waals surface area contributed by atoms with Gasteiger partial charge in [0.05, 0.1) is 22.9 Å². The summed E-state index contributed by atoms with van der Waals surface area (Å²) in [6.07, 6.45) is 0.119. The summed E-state index contributed by atoms with van der Waals surface area (Å²) >= 11 is 1.72. The van der Waals surface area contributed by atoms with Crippen molar-refractivity contribution in [2.75, 3.05) is 50.8 Å². The molecule has 7 nitrogen and oxygen atoms in total. The molecular weight excluding hydrogens is 436 g/mol. The second-order valence-electron chi connectivity index (χ2n) is 8.33. The normalized spacial score (nSPS) is 14.6. The summed E-state index contributed by atoms with van der Waals surface area (Å²) in [5.41, 5.74) is 1.67. The molecule has 2 heterocycles. The van der Waals surface area contributed by atoms with Crippen LogP contribution < -0.4 is 19.7 Å². The van der Waals surface area contributed by atoms with Gasteiger partial charge in [0.2, 0.25) is 0 Å². The number of hydrogen-bond donors (Lipinski definition) is 1. The second kappa shape index (κ2) is 10.9. The van der Waals surface area contributed by atoms with Crippen molar-refractivity contribution in [3.05, 3.63) is 48.0 Å². The molecule has 0 spiro atoms. The van der Waals surface area contributed by atoms with Crippen LogP contribution in [0.4, 0.5) is 5.13 Å². The molecule has 33 heavy (non-hydrogen) atoms. The number of anilines is 1. The van der Waals surface area contributed by atoms with E-state index in [0.29, 0.717) is 18.7 Å². The highest BCUT2D eigenvalue weighted by Gasteiger charge is 2.20. The topological polar surface area (TPSA) is 66.9 Å². The Hall–Kier alpha value is -2.84. The molecule has 1 saturated heterocycles. The number of nitrogens with one attached hydrogen (secondary N) is 1. The summed E-state index contributed by atoms with van der Waals surface area (Å²) in [6, 6.07) is 13.4. The highest BCUT2D eigenvalue weighted by Crippen LogP contribution is 2.32. The second-order valence-corrected chi connectivity index (χ2v) is 9.34. The summed E-state index contributed by atoms with van der Waals surface area (Å²) in [5, 5.41) is 4.09. The minimum atomic E-state index is -0.0503. The van der Waals surface area contributed by atoms with Gasteiger partial charge in [-0.1, -0.05) is 11.3 Å². The standard InChI is InChI=1S/C25H32N4O3S/c1-4-31-21-9-10-22-23(17-21)33-25(27-22)29-15-13-28(14-16-29)12-11-26-24(30)19-5-7-20(8-6-19)32-18(2)3/h5-10,17-18H,4,11-16H2,1-3H3,(H,26,30). The van der Waals surface area contributed by atoms with Crippen LogP contribution in [0.5, 0.6) is 11.5 Å². The van der Waals surface area contributed by atoms with Gasteiger partial charge in [-0.05, 0) is 63.2 Å². The van der Waals surface area contributed by atoms with E-state index in [2.05, 4.69) is 21.2 Å². The summed E-state index contributed by atoms with van der Waals surface area (Å²) in [4.78, 5) is 22.0. The van der Waals surface area contributed by atoms with Crippen LogP contribution in [0.2, 0.25) is 0 Å². The zero-order valence-electron chi connectivity index (χ0n) is 19.5. The molecule has 0 unspecified atom stereocenters. The number of thiazole rings is 1. The quantitative estimate of drug-likeness (QED) is 0.511. The number of carbonyl (C=O) groups excluding carboxylic acids is 1. The Kier molecular flexibility index (Phi) is 7.67. The van der Waals surface area contributed by atoms with Crippen molar-refractivity contribution < 1.29 is 14.3 Å². The molecule has 1 aromatic heterocycles. The molecule has 0 radical (unpaired) electrons. The van der Waals surface area contributed by atoms with Gasteiger partial charge in [-0.15, -0.1) is 0 Å². The molecular formula is C25H32N4O3S. The number of piperazine rings is 1. The minimum absolute atomic E-state index is 0.0503. The summed E-state index contributed by atoms with van der Waals surface area (Å²) in [5.74, 6) is 1.62. The highest BCUT2D eigenvalue weighted by molar-refractivity contribution is 7.22. The van der Waals surface area contributed by atoms with Crippen molar-refractivity contribution in [1.29, 1.82) is 0 Å². The Balaban J connectivity index is 1.22. The van der Waals surface area contributed by atoms with E-state index < -0.39 is 0 Å². The number of rotatable bonds is 9. The first-order valence-electron chi connectivity index (χ1n) is 11.6. The van der Waals surface area contributed by atoms with Crippen molar-refractivity contribution in [1.82, 2.24) is 15.2 Å². The van der Waals surface area contributed by atoms with E-state index in [1.165, 1.54) is 0 Å². The van der Waals surface area contributed by atoms with Crippen LogP contribution in [-0.4, -0.2) is 67.8 Å². The van der Waals surface area contributed by atoms with Crippen molar-refractivity contribution in [3.8, 4) is 11.5 Å². The Bertz CT molecular complexity index is 1060. The van der Waals surface area contributed by atoms with Crippen LogP contribution >= 0.6 is 11.3 Å². The van der Waals surface area contributed by atoms with Crippen LogP contribution in [0, 0.1) is 0 Å². The van der Waals surface area contributed by atoms with Crippen molar-refractivity contribution in [3.63, 3.8) is 0 Å². The summed E-state index contributed by atoms with van der Waals surface area (Å²) in [7, 11) is 0. The average molecular weight is 469 g/mol. The number of aromatic nitrogens is 1. The molecule has 1 aliphatic rings. The third kappa shape index (κ3) is 6.15. The Morgan fingerprint density at radius 3 is 2.52 bits per heavy atom. The minimum Gasteiger partial charge on any atom is -0.494 e. The summed E-state index contributed by atoms with van der Waals surface area (Å²) in [6.45, 7) is 11.9. The van der Waals surface area contributed by atoms with Gasteiger partial charge in [0.1, 0.15) is 11.5 Å². The molecule has 1 amide bonds. The van der Waals surface area contributed by atoms with E-state index in [-0.39, 0.29) is 12.0 Å². The number of hydrogen-bond acceptors (Lipinski definition) is 7. The van der Waals surface area contributed by atoms with E-state index in [1.807, 2.05) is 45.0 Å². The Morgan fingerprint density at radius 2 is 1.82 bits per heavy atom. The maximum Gasteiger partial charge on any atom is 0.251 e.